The molecule has 0 fully saturated rings. The highest BCUT2D eigenvalue weighted by Gasteiger charge is 2.02. The fourth-order valence-electron chi connectivity index (χ4n) is 1.16. The van der Waals surface area contributed by atoms with E-state index in [9.17, 15) is 9.18 Å². The number of amides is 1. The first-order chi connectivity index (χ1) is 7.72. The highest BCUT2D eigenvalue weighted by atomic mass is 19.1. The Morgan fingerprint density at radius 3 is 3.00 bits per heavy atom. The fraction of sp³-hybridized carbons (Fsp3) is 0.417. The smallest absolute Gasteiger partial charge is 0.257 e. The summed E-state index contributed by atoms with van der Waals surface area (Å²) in [6.45, 7) is 2.63. The quantitative estimate of drug-likeness (QED) is 0.753. The molecule has 0 atom stereocenters. The second kappa shape index (κ2) is 6.82. The molecular formula is C12H16FNO2. The fourth-order valence-corrected chi connectivity index (χ4v) is 1.16. The Hall–Kier alpha value is -1.58. The van der Waals surface area contributed by atoms with Crippen LogP contribution in [-0.4, -0.2) is 19.1 Å². The zero-order valence-electron chi connectivity index (χ0n) is 9.33. The molecule has 1 aromatic rings. The molecule has 1 rings (SSSR count). The molecule has 0 heterocycles. The van der Waals surface area contributed by atoms with Crippen molar-refractivity contribution in [2.75, 3.05) is 13.2 Å². The van der Waals surface area contributed by atoms with Crippen molar-refractivity contribution in [1.82, 2.24) is 5.32 Å². The first kappa shape index (κ1) is 12.5. The normalized spacial score (nSPS) is 9.88. The molecule has 88 valence electrons. The number of carbonyl (C=O) groups is 1. The maximum absolute atomic E-state index is 12.8. The Bertz CT molecular complexity index is 342. The first-order valence-electron chi connectivity index (χ1n) is 5.37. The zero-order chi connectivity index (χ0) is 11.8. The number of hydrogen-bond acceptors (Lipinski definition) is 2. The van der Waals surface area contributed by atoms with Crippen molar-refractivity contribution in [3.8, 4) is 5.75 Å². The Kier molecular flexibility index (Phi) is 5.32. The van der Waals surface area contributed by atoms with E-state index in [0.29, 0.717) is 12.3 Å². The standard InChI is InChI=1S/C12H16FNO2/c1-2-3-7-14-12(15)9-16-11-6-4-5-10(13)8-11/h4-6,8H,2-3,7,9H2,1H3,(H,14,15). The van der Waals surface area contributed by atoms with Crippen LogP contribution in [0.4, 0.5) is 4.39 Å². The highest BCUT2D eigenvalue weighted by molar-refractivity contribution is 5.77. The monoisotopic (exact) mass is 225 g/mol. The van der Waals surface area contributed by atoms with Crippen LogP contribution in [0.3, 0.4) is 0 Å². The SMILES string of the molecule is CCCCNC(=O)COc1cccc(F)c1. The van der Waals surface area contributed by atoms with Crippen LogP contribution in [0.1, 0.15) is 19.8 Å². The molecule has 0 aliphatic carbocycles. The van der Waals surface area contributed by atoms with Gasteiger partial charge in [-0.2, -0.15) is 0 Å². The highest BCUT2D eigenvalue weighted by Crippen LogP contribution is 2.11. The van der Waals surface area contributed by atoms with Gasteiger partial charge in [-0.15, -0.1) is 0 Å². The third kappa shape index (κ3) is 4.77. The number of unbranched alkanes of at least 4 members (excludes halogenated alkanes) is 1. The van der Waals surface area contributed by atoms with Gasteiger partial charge in [-0.25, -0.2) is 4.39 Å². The minimum absolute atomic E-state index is 0.0762. The minimum atomic E-state index is -0.371. The molecule has 0 saturated carbocycles. The van der Waals surface area contributed by atoms with Crippen molar-refractivity contribution < 1.29 is 13.9 Å². The predicted molar refractivity (Wildman–Crippen MR) is 59.8 cm³/mol. The van der Waals surface area contributed by atoms with E-state index in [1.165, 1.54) is 12.1 Å². The van der Waals surface area contributed by atoms with Gasteiger partial charge in [0, 0.05) is 12.6 Å². The summed E-state index contributed by atoms with van der Waals surface area (Å²) in [5, 5.41) is 2.71. The summed E-state index contributed by atoms with van der Waals surface area (Å²) in [7, 11) is 0. The Morgan fingerprint density at radius 2 is 2.31 bits per heavy atom. The van der Waals surface area contributed by atoms with Gasteiger partial charge >= 0.3 is 0 Å². The second-order valence-corrected chi connectivity index (χ2v) is 3.45. The molecular weight excluding hydrogens is 209 g/mol. The van der Waals surface area contributed by atoms with Gasteiger partial charge in [-0.3, -0.25) is 4.79 Å². The Morgan fingerprint density at radius 1 is 1.50 bits per heavy atom. The van der Waals surface area contributed by atoms with Gasteiger partial charge in [0.05, 0.1) is 0 Å². The van der Waals surface area contributed by atoms with Gasteiger partial charge in [0.15, 0.2) is 6.61 Å². The number of carbonyl (C=O) groups excluding carboxylic acids is 1. The van der Waals surface area contributed by atoms with E-state index in [1.54, 1.807) is 12.1 Å². The summed E-state index contributed by atoms with van der Waals surface area (Å²) < 4.78 is 17.9. The molecule has 0 spiro atoms. The maximum atomic E-state index is 12.8. The average molecular weight is 225 g/mol. The molecule has 1 N–H and O–H groups in total. The second-order valence-electron chi connectivity index (χ2n) is 3.45. The van der Waals surface area contributed by atoms with Crippen molar-refractivity contribution in [3.05, 3.63) is 30.1 Å². The zero-order valence-corrected chi connectivity index (χ0v) is 9.33. The van der Waals surface area contributed by atoms with Crippen LogP contribution >= 0.6 is 0 Å². The lowest BCUT2D eigenvalue weighted by molar-refractivity contribution is -0.123. The van der Waals surface area contributed by atoms with Gasteiger partial charge in [-0.05, 0) is 18.6 Å². The number of hydrogen-bond donors (Lipinski definition) is 1. The Balaban J connectivity index is 2.26. The number of halogens is 1. The lowest BCUT2D eigenvalue weighted by Gasteiger charge is -2.06. The van der Waals surface area contributed by atoms with E-state index in [4.69, 9.17) is 4.74 Å². The molecule has 0 unspecified atom stereocenters. The summed E-state index contributed by atoms with van der Waals surface area (Å²) in [5.74, 6) is -0.188. The van der Waals surface area contributed by atoms with Crippen LogP contribution in [0.25, 0.3) is 0 Å². The molecule has 0 radical (unpaired) electrons. The van der Waals surface area contributed by atoms with Crippen LogP contribution < -0.4 is 10.1 Å². The number of nitrogens with one attached hydrogen (secondary N) is 1. The molecule has 3 nitrogen and oxygen atoms in total. The van der Waals surface area contributed by atoms with E-state index in [0.717, 1.165) is 12.8 Å². The van der Waals surface area contributed by atoms with Crippen molar-refractivity contribution in [1.29, 1.82) is 0 Å². The summed E-state index contributed by atoms with van der Waals surface area (Å²) >= 11 is 0. The van der Waals surface area contributed by atoms with Crippen LogP contribution in [0, 0.1) is 5.82 Å². The van der Waals surface area contributed by atoms with Crippen LogP contribution in [0.2, 0.25) is 0 Å². The predicted octanol–water partition coefficient (Wildman–Crippen LogP) is 2.12. The van der Waals surface area contributed by atoms with Crippen LogP contribution in [0.5, 0.6) is 5.75 Å². The maximum Gasteiger partial charge on any atom is 0.257 e. The summed E-state index contributed by atoms with van der Waals surface area (Å²) in [6.07, 6.45) is 1.98. The summed E-state index contributed by atoms with van der Waals surface area (Å²) in [5.41, 5.74) is 0. The molecule has 0 saturated heterocycles. The van der Waals surface area contributed by atoms with Crippen molar-refractivity contribution in [2.24, 2.45) is 0 Å². The summed E-state index contributed by atoms with van der Waals surface area (Å²) in [4.78, 5) is 11.2. The Labute approximate surface area is 94.6 Å². The molecule has 0 bridgehead atoms. The van der Waals surface area contributed by atoms with Crippen molar-refractivity contribution >= 4 is 5.91 Å². The van der Waals surface area contributed by atoms with E-state index >= 15 is 0 Å². The summed E-state index contributed by atoms with van der Waals surface area (Å²) in [6, 6.07) is 5.73. The topological polar surface area (TPSA) is 38.3 Å². The van der Waals surface area contributed by atoms with Crippen molar-refractivity contribution in [2.45, 2.75) is 19.8 Å². The minimum Gasteiger partial charge on any atom is -0.484 e. The van der Waals surface area contributed by atoms with E-state index in [2.05, 4.69) is 12.2 Å². The van der Waals surface area contributed by atoms with E-state index in [-0.39, 0.29) is 18.3 Å². The first-order valence-corrected chi connectivity index (χ1v) is 5.37. The van der Waals surface area contributed by atoms with Crippen LogP contribution in [-0.2, 0) is 4.79 Å². The lowest BCUT2D eigenvalue weighted by Crippen LogP contribution is -2.29. The molecule has 0 aromatic heterocycles. The molecule has 4 heteroatoms. The third-order valence-corrected chi connectivity index (χ3v) is 2.02. The molecule has 1 amide bonds. The molecule has 1 aromatic carbocycles. The largest absolute Gasteiger partial charge is 0.484 e. The van der Waals surface area contributed by atoms with Gasteiger partial charge in [0.2, 0.25) is 0 Å². The molecule has 0 aliphatic rings. The van der Waals surface area contributed by atoms with E-state index < -0.39 is 0 Å². The number of rotatable bonds is 6. The van der Waals surface area contributed by atoms with Gasteiger partial charge < -0.3 is 10.1 Å². The van der Waals surface area contributed by atoms with Gasteiger partial charge in [0.1, 0.15) is 11.6 Å². The molecule has 16 heavy (non-hydrogen) atoms. The molecule has 0 aliphatic heterocycles. The van der Waals surface area contributed by atoms with Crippen LogP contribution in [0.15, 0.2) is 24.3 Å². The number of ether oxygens (including phenoxy) is 1. The van der Waals surface area contributed by atoms with E-state index in [1.807, 2.05) is 0 Å². The lowest BCUT2D eigenvalue weighted by atomic mass is 10.3. The van der Waals surface area contributed by atoms with Gasteiger partial charge in [0.25, 0.3) is 5.91 Å². The average Bonchev–Trinajstić information content (AvgIpc) is 2.27. The number of benzene rings is 1. The van der Waals surface area contributed by atoms with Gasteiger partial charge in [-0.1, -0.05) is 19.4 Å². The third-order valence-electron chi connectivity index (χ3n) is 2.02. The van der Waals surface area contributed by atoms with Crippen molar-refractivity contribution in [3.63, 3.8) is 0 Å².